The van der Waals surface area contributed by atoms with E-state index in [0.29, 0.717) is 0 Å². The fourth-order valence-corrected chi connectivity index (χ4v) is 4.13. The number of quaternary nitrogens is 1. The summed E-state index contributed by atoms with van der Waals surface area (Å²) in [5, 5.41) is 10.2. The third-order valence-corrected chi connectivity index (χ3v) is 6.10. The van der Waals surface area contributed by atoms with Crippen LogP contribution in [-0.2, 0) is 0 Å². The molecule has 1 heterocycles. The van der Waals surface area contributed by atoms with E-state index in [0.717, 1.165) is 24.0 Å². The van der Waals surface area contributed by atoms with E-state index in [9.17, 15) is 5.11 Å². The van der Waals surface area contributed by atoms with Gasteiger partial charge in [-0.1, -0.05) is 64.0 Å². The summed E-state index contributed by atoms with van der Waals surface area (Å²) in [4.78, 5) is 4.65. The Kier molecular flexibility index (Phi) is 12.9. The second-order valence-electron chi connectivity index (χ2n) is 8.07. The van der Waals surface area contributed by atoms with Crippen molar-refractivity contribution in [2.45, 2.75) is 117 Å². The third kappa shape index (κ3) is 8.35. The molecule has 0 aromatic carbocycles. The SMILES string of the molecule is CCCCCCCCC/C=C/CCCCCC1N=CC[N+]1(CC)C(C)O. The molecular formula is C23H45N2O+. The standard InChI is InChI=1S/C23H45N2O/c1-4-6-7-8-9-10-11-12-13-14-15-16-17-18-19-23-24-20-21-25(23,5-2)22(3)26/h13-14,20,22-23,26H,4-12,15-19,21H2,1-3H3/q+1/b14-13+. The molecule has 0 aliphatic carbocycles. The average molecular weight is 366 g/mol. The molecular weight excluding hydrogens is 320 g/mol. The van der Waals surface area contributed by atoms with Gasteiger partial charge in [0.25, 0.3) is 0 Å². The molecule has 26 heavy (non-hydrogen) atoms. The smallest absolute Gasteiger partial charge is 0.189 e. The third-order valence-electron chi connectivity index (χ3n) is 6.10. The lowest BCUT2D eigenvalue weighted by Gasteiger charge is -2.40. The Morgan fingerprint density at radius 2 is 1.54 bits per heavy atom. The maximum atomic E-state index is 10.2. The number of hydrogen-bond acceptors (Lipinski definition) is 2. The van der Waals surface area contributed by atoms with Gasteiger partial charge < -0.3 is 5.11 Å². The Balaban J connectivity index is 1.98. The van der Waals surface area contributed by atoms with Crippen LogP contribution in [-0.4, -0.2) is 41.3 Å². The molecule has 0 bridgehead atoms. The minimum atomic E-state index is -0.318. The zero-order chi connectivity index (χ0) is 19.1. The molecule has 152 valence electrons. The van der Waals surface area contributed by atoms with E-state index in [2.05, 4.69) is 31.0 Å². The van der Waals surface area contributed by atoms with Crippen LogP contribution in [0.1, 0.15) is 104 Å². The zero-order valence-electron chi connectivity index (χ0n) is 17.8. The molecule has 0 saturated carbocycles. The summed E-state index contributed by atoms with van der Waals surface area (Å²) in [5.74, 6) is 0. The number of aliphatic hydroxyl groups excluding tert-OH is 1. The molecule has 1 rings (SSSR count). The first kappa shape index (κ1) is 23.4. The van der Waals surface area contributed by atoms with E-state index >= 15 is 0 Å². The van der Waals surface area contributed by atoms with Crippen LogP contribution in [0.3, 0.4) is 0 Å². The summed E-state index contributed by atoms with van der Waals surface area (Å²) in [7, 11) is 0. The number of hydrogen-bond donors (Lipinski definition) is 1. The number of aliphatic hydroxyl groups is 1. The number of nitrogens with zero attached hydrogens (tertiary/aromatic N) is 2. The molecule has 0 radical (unpaired) electrons. The van der Waals surface area contributed by atoms with E-state index in [1.807, 2.05) is 13.1 Å². The van der Waals surface area contributed by atoms with Gasteiger partial charge in [-0.15, -0.1) is 0 Å². The second kappa shape index (κ2) is 14.4. The van der Waals surface area contributed by atoms with Gasteiger partial charge >= 0.3 is 0 Å². The van der Waals surface area contributed by atoms with Crippen LogP contribution >= 0.6 is 0 Å². The van der Waals surface area contributed by atoms with Gasteiger partial charge in [-0.25, -0.2) is 4.99 Å². The van der Waals surface area contributed by atoms with Crippen LogP contribution in [0.2, 0.25) is 0 Å². The largest absolute Gasteiger partial charge is 0.345 e. The summed E-state index contributed by atoms with van der Waals surface area (Å²) in [6, 6.07) is 0. The van der Waals surface area contributed by atoms with Gasteiger partial charge in [-0.2, -0.15) is 0 Å². The Labute approximate surface area is 163 Å². The molecule has 3 atom stereocenters. The highest BCUT2D eigenvalue weighted by Crippen LogP contribution is 2.26. The van der Waals surface area contributed by atoms with Gasteiger partial charge in [0.15, 0.2) is 12.4 Å². The molecule has 0 aromatic heterocycles. The summed E-state index contributed by atoms with van der Waals surface area (Å²) < 4.78 is 0.734. The lowest BCUT2D eigenvalue weighted by Crippen LogP contribution is -2.57. The van der Waals surface area contributed by atoms with Gasteiger partial charge in [0.2, 0.25) is 0 Å². The van der Waals surface area contributed by atoms with Crippen molar-refractivity contribution in [3.63, 3.8) is 0 Å². The molecule has 0 fully saturated rings. The van der Waals surface area contributed by atoms with Crippen molar-refractivity contribution >= 4 is 6.21 Å². The topological polar surface area (TPSA) is 32.6 Å². The molecule has 3 unspecified atom stereocenters. The highest BCUT2D eigenvalue weighted by molar-refractivity contribution is 5.60. The minimum absolute atomic E-state index is 0.271. The normalized spacial score (nSPS) is 23.9. The van der Waals surface area contributed by atoms with Gasteiger partial charge in [0.05, 0.1) is 12.8 Å². The summed E-state index contributed by atoms with van der Waals surface area (Å²) in [6.07, 6.45) is 23.9. The lowest BCUT2D eigenvalue weighted by molar-refractivity contribution is -0.976. The Hall–Kier alpha value is -0.670. The fourth-order valence-electron chi connectivity index (χ4n) is 4.13. The van der Waals surface area contributed by atoms with E-state index < -0.39 is 0 Å². The summed E-state index contributed by atoms with van der Waals surface area (Å²) in [5.41, 5.74) is 0. The first-order valence-electron chi connectivity index (χ1n) is 11.4. The average Bonchev–Trinajstić information content (AvgIpc) is 3.06. The van der Waals surface area contributed by atoms with Crippen molar-refractivity contribution in [2.24, 2.45) is 4.99 Å². The Bertz CT molecular complexity index is 392. The molecule has 3 heteroatoms. The van der Waals surface area contributed by atoms with Crippen LogP contribution in [0.5, 0.6) is 0 Å². The first-order chi connectivity index (χ1) is 12.7. The zero-order valence-corrected chi connectivity index (χ0v) is 17.8. The molecule has 1 N–H and O–H groups in total. The van der Waals surface area contributed by atoms with Crippen LogP contribution in [0.4, 0.5) is 0 Å². The molecule has 1 aliphatic rings. The quantitative estimate of drug-likeness (QED) is 0.196. The number of unbranched alkanes of at least 4 members (excludes halogenated alkanes) is 10. The van der Waals surface area contributed by atoms with E-state index in [-0.39, 0.29) is 12.4 Å². The monoisotopic (exact) mass is 365 g/mol. The van der Waals surface area contributed by atoms with Gasteiger partial charge in [0, 0.05) is 13.3 Å². The molecule has 0 spiro atoms. The number of aliphatic imine (C=N–C) groups is 1. The lowest BCUT2D eigenvalue weighted by atomic mass is 10.1. The van der Waals surface area contributed by atoms with Crippen molar-refractivity contribution in [1.82, 2.24) is 0 Å². The van der Waals surface area contributed by atoms with Crippen molar-refractivity contribution < 1.29 is 9.59 Å². The first-order valence-corrected chi connectivity index (χ1v) is 11.4. The van der Waals surface area contributed by atoms with E-state index in [4.69, 9.17) is 0 Å². The molecule has 1 aliphatic heterocycles. The highest BCUT2D eigenvalue weighted by atomic mass is 16.3. The predicted octanol–water partition coefficient (Wildman–Crippen LogP) is 6.22. The van der Waals surface area contributed by atoms with Crippen LogP contribution < -0.4 is 0 Å². The Morgan fingerprint density at radius 1 is 0.962 bits per heavy atom. The fraction of sp³-hybridized carbons (Fsp3) is 0.870. The van der Waals surface area contributed by atoms with Gasteiger partial charge in [-0.3, -0.25) is 4.48 Å². The molecule has 0 amide bonds. The molecule has 0 aromatic rings. The van der Waals surface area contributed by atoms with Crippen molar-refractivity contribution in [2.75, 3.05) is 13.1 Å². The van der Waals surface area contributed by atoms with Gasteiger partial charge in [-0.05, 0) is 39.0 Å². The molecule has 0 saturated heterocycles. The molecule has 3 nitrogen and oxygen atoms in total. The van der Waals surface area contributed by atoms with E-state index in [1.165, 1.54) is 77.0 Å². The minimum Gasteiger partial charge on any atom is -0.345 e. The van der Waals surface area contributed by atoms with Crippen LogP contribution in [0.25, 0.3) is 0 Å². The maximum absolute atomic E-state index is 10.2. The van der Waals surface area contributed by atoms with Crippen LogP contribution in [0.15, 0.2) is 17.1 Å². The predicted molar refractivity (Wildman–Crippen MR) is 114 cm³/mol. The second-order valence-corrected chi connectivity index (χ2v) is 8.07. The highest BCUT2D eigenvalue weighted by Gasteiger charge is 2.41. The Morgan fingerprint density at radius 3 is 2.12 bits per heavy atom. The summed E-state index contributed by atoms with van der Waals surface area (Å²) in [6.45, 7) is 8.22. The number of rotatable bonds is 16. The van der Waals surface area contributed by atoms with Crippen LogP contribution in [0, 0.1) is 0 Å². The van der Waals surface area contributed by atoms with Crippen molar-refractivity contribution in [3.05, 3.63) is 12.2 Å². The maximum Gasteiger partial charge on any atom is 0.189 e. The van der Waals surface area contributed by atoms with Gasteiger partial charge in [0.1, 0.15) is 6.54 Å². The summed E-state index contributed by atoms with van der Waals surface area (Å²) >= 11 is 0. The number of allylic oxidation sites excluding steroid dienone is 2. The van der Waals surface area contributed by atoms with E-state index in [1.54, 1.807) is 0 Å². The van der Waals surface area contributed by atoms with Crippen molar-refractivity contribution in [1.29, 1.82) is 0 Å². The van der Waals surface area contributed by atoms with Crippen molar-refractivity contribution in [3.8, 4) is 0 Å².